The highest BCUT2D eigenvalue weighted by Crippen LogP contribution is 2.42. The molecule has 3 aliphatic rings. The van der Waals surface area contributed by atoms with Gasteiger partial charge in [0.25, 0.3) is 0 Å². The third kappa shape index (κ3) is 7.98. The molecule has 2 saturated carbocycles. The van der Waals surface area contributed by atoms with Crippen LogP contribution >= 0.6 is 0 Å². The number of alkyl halides is 1. The Kier molecular flexibility index (Phi) is 11.4. The maximum absolute atomic E-state index is 14.2. The molecule has 1 saturated heterocycles. The zero-order valence-electron chi connectivity index (χ0n) is 27.6. The van der Waals surface area contributed by atoms with Gasteiger partial charge >= 0.3 is 5.97 Å². The lowest BCUT2D eigenvalue weighted by atomic mass is 9.74. The molecule has 1 amide bonds. The van der Waals surface area contributed by atoms with E-state index in [0.717, 1.165) is 75.2 Å². The van der Waals surface area contributed by atoms with Gasteiger partial charge in [-0.3, -0.25) is 14.0 Å². The second-order valence-corrected chi connectivity index (χ2v) is 14.4. The Hall–Kier alpha value is -2.74. The van der Waals surface area contributed by atoms with E-state index in [1.54, 1.807) is 19.2 Å². The van der Waals surface area contributed by atoms with Crippen LogP contribution in [0.25, 0.3) is 11.0 Å². The number of fused-ring (bicyclic) bond motifs is 1. The lowest BCUT2D eigenvalue weighted by molar-refractivity contribution is -0.143. The highest BCUT2D eigenvalue weighted by atomic mass is 19.1. The van der Waals surface area contributed by atoms with Crippen molar-refractivity contribution >= 4 is 28.6 Å². The van der Waals surface area contributed by atoms with Crippen molar-refractivity contribution in [1.82, 2.24) is 4.90 Å². The van der Waals surface area contributed by atoms with Gasteiger partial charge in [-0.2, -0.15) is 0 Å². The van der Waals surface area contributed by atoms with Crippen molar-refractivity contribution in [3.63, 3.8) is 0 Å². The number of hydrogen-bond donors (Lipinski definition) is 0. The molecule has 0 bridgehead atoms. The fraction of sp³-hybridized carbons (Fsp3) is 0.703. The Balaban J connectivity index is 1.30. The van der Waals surface area contributed by atoms with Gasteiger partial charge in [-0.15, -0.1) is 0 Å². The van der Waals surface area contributed by atoms with Crippen molar-refractivity contribution in [2.24, 2.45) is 35.5 Å². The molecule has 45 heavy (non-hydrogen) atoms. The Labute approximate surface area is 267 Å². The summed E-state index contributed by atoms with van der Waals surface area (Å²) >= 11 is 0. The van der Waals surface area contributed by atoms with E-state index in [0.29, 0.717) is 36.5 Å². The average molecular weight is 626 g/mol. The predicted molar refractivity (Wildman–Crippen MR) is 172 cm³/mol. The van der Waals surface area contributed by atoms with Gasteiger partial charge in [0.2, 0.25) is 11.7 Å². The number of hydrogen-bond acceptors (Lipinski definition) is 6. The highest BCUT2D eigenvalue weighted by molar-refractivity contribution is 5.94. The number of nitrogens with zero attached hydrogens (tertiary/aromatic N) is 1. The molecule has 0 N–H and O–H groups in total. The van der Waals surface area contributed by atoms with Crippen molar-refractivity contribution in [3.05, 3.63) is 35.6 Å². The highest BCUT2D eigenvalue weighted by Gasteiger charge is 2.47. The third-order valence-electron chi connectivity index (χ3n) is 11.0. The number of likely N-dealkylation sites (tertiary alicyclic amines) is 1. The number of methoxy groups -OCH3 is 1. The van der Waals surface area contributed by atoms with Crippen LogP contribution < -0.4 is 0 Å². The summed E-state index contributed by atoms with van der Waals surface area (Å²) in [5.41, 5.74) is 1.42. The Morgan fingerprint density at radius 3 is 2.38 bits per heavy atom. The molecular formula is C37H52FNO6. The SMILES string of the molecule is COC1CCC([C@@H]2CCN(C(=O)C3CCC([C@H](C)CF)CC3)[C@@H]2C(=O)Cc2ccc3oc(C(=O)OCCC(C)C)cc3c2)CC1. The van der Waals surface area contributed by atoms with Gasteiger partial charge < -0.3 is 18.8 Å². The van der Waals surface area contributed by atoms with Gasteiger partial charge in [0.05, 0.1) is 25.4 Å². The molecule has 0 unspecified atom stereocenters. The second-order valence-electron chi connectivity index (χ2n) is 14.4. The van der Waals surface area contributed by atoms with E-state index in [2.05, 4.69) is 13.8 Å². The van der Waals surface area contributed by atoms with Crippen LogP contribution in [-0.2, 0) is 25.5 Å². The number of benzene rings is 1. The number of amides is 1. The quantitative estimate of drug-likeness (QED) is 0.226. The predicted octanol–water partition coefficient (Wildman–Crippen LogP) is 7.58. The molecule has 248 valence electrons. The molecule has 5 rings (SSSR count). The Morgan fingerprint density at radius 1 is 0.978 bits per heavy atom. The number of Topliss-reactive ketones (excluding diaryl/α,β-unsaturated/α-hetero) is 1. The first-order valence-electron chi connectivity index (χ1n) is 17.3. The maximum atomic E-state index is 14.2. The molecule has 0 spiro atoms. The van der Waals surface area contributed by atoms with E-state index in [9.17, 15) is 18.8 Å². The number of ether oxygens (including phenoxy) is 2. The second kappa shape index (κ2) is 15.2. The van der Waals surface area contributed by atoms with Crippen LogP contribution in [0.15, 0.2) is 28.7 Å². The van der Waals surface area contributed by atoms with Gasteiger partial charge in [0.1, 0.15) is 5.58 Å². The molecule has 1 aliphatic heterocycles. The summed E-state index contributed by atoms with van der Waals surface area (Å²) in [4.78, 5) is 42.7. The van der Waals surface area contributed by atoms with E-state index >= 15 is 0 Å². The standard InChI is InChI=1S/C37H52FNO6/c1-23(2)16-18-44-37(42)34-21-29-19-25(5-14-33(29)45-34)20-32(40)35-31(27-10-12-30(43-4)13-11-27)15-17-39(35)36(41)28-8-6-26(7-9-28)24(3)22-38/h5,14,19,21,23-24,26-28,30-31,35H,6-13,15-18,20,22H2,1-4H3/t24-,26?,27?,28?,30?,31+,35+/m1/s1. The number of furan rings is 1. The topological polar surface area (TPSA) is 86.0 Å². The Morgan fingerprint density at radius 2 is 1.71 bits per heavy atom. The summed E-state index contributed by atoms with van der Waals surface area (Å²) in [6.07, 6.45) is 9.41. The summed E-state index contributed by atoms with van der Waals surface area (Å²) < 4.78 is 30.1. The van der Waals surface area contributed by atoms with Crippen LogP contribution in [0.4, 0.5) is 4.39 Å². The van der Waals surface area contributed by atoms with E-state index in [4.69, 9.17) is 13.9 Å². The van der Waals surface area contributed by atoms with Crippen molar-refractivity contribution in [1.29, 1.82) is 0 Å². The van der Waals surface area contributed by atoms with E-state index in [1.807, 2.05) is 24.0 Å². The molecule has 3 atom stereocenters. The zero-order chi connectivity index (χ0) is 32.1. The van der Waals surface area contributed by atoms with Crippen LogP contribution in [0.3, 0.4) is 0 Å². The number of ketones is 1. The van der Waals surface area contributed by atoms with Crippen molar-refractivity contribution < 1.29 is 32.7 Å². The number of rotatable bonds is 12. The van der Waals surface area contributed by atoms with Gasteiger partial charge in [-0.25, -0.2) is 4.79 Å². The van der Waals surface area contributed by atoms with Crippen molar-refractivity contribution in [2.75, 3.05) is 26.9 Å². The smallest absolute Gasteiger partial charge is 0.374 e. The molecule has 2 aromatic rings. The molecule has 2 heterocycles. The van der Waals surface area contributed by atoms with Gasteiger partial charge in [-0.05, 0) is 118 Å². The van der Waals surface area contributed by atoms with Crippen molar-refractivity contribution in [2.45, 2.75) is 104 Å². The fourth-order valence-electron chi connectivity index (χ4n) is 8.09. The third-order valence-corrected chi connectivity index (χ3v) is 11.0. The molecular weight excluding hydrogens is 573 g/mol. The first kappa shape index (κ1) is 33.6. The first-order valence-corrected chi connectivity index (χ1v) is 17.3. The summed E-state index contributed by atoms with van der Waals surface area (Å²) in [6, 6.07) is 6.85. The largest absolute Gasteiger partial charge is 0.460 e. The molecule has 7 nitrogen and oxygen atoms in total. The maximum Gasteiger partial charge on any atom is 0.374 e. The van der Waals surface area contributed by atoms with Crippen LogP contribution in [0, 0.1) is 35.5 Å². The summed E-state index contributed by atoms with van der Waals surface area (Å²) in [6.45, 7) is 6.77. The molecule has 2 aliphatic carbocycles. The molecule has 1 aromatic heterocycles. The average Bonchev–Trinajstić information content (AvgIpc) is 3.69. The van der Waals surface area contributed by atoms with Crippen LogP contribution in [0.1, 0.15) is 101 Å². The molecule has 1 aromatic carbocycles. The monoisotopic (exact) mass is 625 g/mol. The molecule has 0 radical (unpaired) electrons. The summed E-state index contributed by atoms with van der Waals surface area (Å²) in [7, 11) is 1.77. The normalized spacial score (nSPS) is 28.0. The van der Waals surface area contributed by atoms with E-state index in [-0.39, 0.29) is 54.4 Å². The number of carbonyl (C=O) groups excluding carboxylic acids is 3. The number of halogens is 1. The lowest BCUT2D eigenvalue weighted by Gasteiger charge is -2.37. The van der Waals surface area contributed by atoms with Gasteiger partial charge in [0, 0.05) is 31.4 Å². The van der Waals surface area contributed by atoms with E-state index < -0.39 is 12.0 Å². The summed E-state index contributed by atoms with van der Waals surface area (Å²) in [5, 5.41) is 0.754. The number of esters is 1. The minimum atomic E-state index is -0.483. The Bertz CT molecular complexity index is 1310. The van der Waals surface area contributed by atoms with Crippen molar-refractivity contribution in [3.8, 4) is 0 Å². The van der Waals surface area contributed by atoms with Crippen LogP contribution in [0.5, 0.6) is 0 Å². The summed E-state index contributed by atoms with van der Waals surface area (Å²) in [5.74, 6) is 1.12. The minimum absolute atomic E-state index is 0.0351. The number of carbonyl (C=O) groups is 3. The van der Waals surface area contributed by atoms with Crippen LogP contribution in [-0.4, -0.2) is 61.6 Å². The zero-order valence-corrected chi connectivity index (χ0v) is 27.6. The van der Waals surface area contributed by atoms with Gasteiger partial charge in [-0.1, -0.05) is 26.8 Å². The van der Waals surface area contributed by atoms with Gasteiger partial charge in [0.15, 0.2) is 5.78 Å². The first-order chi connectivity index (χ1) is 21.7. The lowest BCUT2D eigenvalue weighted by Crippen LogP contribution is -2.48. The van der Waals surface area contributed by atoms with Crippen LogP contribution in [0.2, 0.25) is 0 Å². The fourth-order valence-corrected chi connectivity index (χ4v) is 8.09. The van der Waals surface area contributed by atoms with E-state index in [1.165, 1.54) is 0 Å². The molecule has 3 fully saturated rings. The molecule has 8 heteroatoms. The minimum Gasteiger partial charge on any atom is -0.460 e.